The summed E-state index contributed by atoms with van der Waals surface area (Å²) in [6.07, 6.45) is 0.602. The van der Waals surface area contributed by atoms with Crippen LogP contribution in [0, 0.1) is 10.1 Å². The van der Waals surface area contributed by atoms with Crippen molar-refractivity contribution < 1.29 is 9.92 Å². The Morgan fingerprint density at radius 1 is 1.73 bits per heavy atom. The minimum absolute atomic E-state index is 0.143. The molecule has 0 bridgehead atoms. The first-order valence-electron chi connectivity index (χ1n) is 3.07. The lowest BCUT2D eigenvalue weighted by molar-refractivity contribution is -0.757. The second kappa shape index (κ2) is 3.92. The molecular weight excluding hydrogens is 166 g/mol. The predicted molar refractivity (Wildman–Crippen MR) is 41.0 cm³/mol. The smallest absolute Gasteiger partial charge is 0.294 e. The standard InChI is InChI=1S/C6H7NO3S/c8-7(9)10-3-1-6-2-4-11-5-6/h2,4-5H,1,3H2. The summed E-state index contributed by atoms with van der Waals surface area (Å²) in [4.78, 5) is 13.9. The molecule has 0 spiro atoms. The van der Waals surface area contributed by atoms with E-state index in [-0.39, 0.29) is 6.61 Å². The number of nitrogens with zero attached hydrogens (tertiary/aromatic N) is 1. The zero-order chi connectivity index (χ0) is 8.10. The van der Waals surface area contributed by atoms with Crippen LogP contribution in [0.4, 0.5) is 0 Å². The molecule has 0 radical (unpaired) electrons. The molecule has 1 aromatic rings. The summed E-state index contributed by atoms with van der Waals surface area (Å²) >= 11 is 1.57. The Balaban J connectivity index is 2.19. The van der Waals surface area contributed by atoms with Gasteiger partial charge in [-0.25, -0.2) is 0 Å². The molecule has 0 aliphatic heterocycles. The van der Waals surface area contributed by atoms with E-state index in [9.17, 15) is 10.1 Å². The quantitative estimate of drug-likeness (QED) is 0.512. The maximum absolute atomic E-state index is 9.71. The molecule has 4 nitrogen and oxygen atoms in total. The van der Waals surface area contributed by atoms with Crippen LogP contribution in [0.5, 0.6) is 0 Å². The zero-order valence-electron chi connectivity index (χ0n) is 5.73. The minimum atomic E-state index is -0.771. The summed E-state index contributed by atoms with van der Waals surface area (Å²) in [6.45, 7) is 0.143. The third-order valence-corrected chi connectivity index (χ3v) is 1.90. The molecule has 11 heavy (non-hydrogen) atoms. The molecule has 0 saturated heterocycles. The first-order chi connectivity index (χ1) is 5.29. The van der Waals surface area contributed by atoms with E-state index in [4.69, 9.17) is 0 Å². The maximum atomic E-state index is 9.71. The predicted octanol–water partition coefficient (Wildman–Crippen LogP) is 1.50. The van der Waals surface area contributed by atoms with Crippen LogP contribution in [-0.4, -0.2) is 11.7 Å². The van der Waals surface area contributed by atoms with Crippen molar-refractivity contribution in [1.29, 1.82) is 0 Å². The summed E-state index contributed by atoms with van der Waals surface area (Å²) < 4.78 is 0. The van der Waals surface area contributed by atoms with Crippen LogP contribution in [0.25, 0.3) is 0 Å². The molecule has 0 saturated carbocycles. The van der Waals surface area contributed by atoms with Gasteiger partial charge in [-0.3, -0.25) is 0 Å². The van der Waals surface area contributed by atoms with E-state index < -0.39 is 5.09 Å². The Labute approximate surface area is 67.5 Å². The third kappa shape index (κ3) is 2.99. The molecular formula is C6H7NO3S. The van der Waals surface area contributed by atoms with E-state index in [1.165, 1.54) is 0 Å². The van der Waals surface area contributed by atoms with Crippen molar-refractivity contribution in [3.8, 4) is 0 Å². The van der Waals surface area contributed by atoms with Crippen molar-refractivity contribution in [2.75, 3.05) is 6.61 Å². The van der Waals surface area contributed by atoms with E-state index in [0.717, 1.165) is 5.56 Å². The molecule has 0 aliphatic carbocycles. The molecule has 1 rings (SSSR count). The van der Waals surface area contributed by atoms with Gasteiger partial charge in [-0.2, -0.15) is 11.3 Å². The van der Waals surface area contributed by atoms with Crippen LogP contribution in [0.2, 0.25) is 0 Å². The van der Waals surface area contributed by atoms with Gasteiger partial charge in [0.25, 0.3) is 5.09 Å². The second-order valence-electron chi connectivity index (χ2n) is 1.94. The van der Waals surface area contributed by atoms with Crippen LogP contribution in [0.3, 0.4) is 0 Å². The third-order valence-electron chi connectivity index (χ3n) is 1.17. The first-order valence-corrected chi connectivity index (χ1v) is 4.01. The molecule has 60 valence electrons. The van der Waals surface area contributed by atoms with E-state index in [1.54, 1.807) is 11.3 Å². The van der Waals surface area contributed by atoms with Gasteiger partial charge in [0.05, 0.1) is 0 Å². The highest BCUT2D eigenvalue weighted by atomic mass is 32.1. The Morgan fingerprint density at radius 2 is 2.55 bits per heavy atom. The summed E-state index contributed by atoms with van der Waals surface area (Å²) in [5, 5.41) is 12.8. The Morgan fingerprint density at radius 3 is 3.09 bits per heavy atom. The summed E-state index contributed by atoms with van der Waals surface area (Å²) in [6, 6.07) is 1.92. The van der Waals surface area contributed by atoms with Crippen molar-refractivity contribution >= 4 is 11.3 Å². The number of hydrogen-bond acceptors (Lipinski definition) is 4. The molecule has 0 aliphatic rings. The maximum Gasteiger partial charge on any atom is 0.294 e. The van der Waals surface area contributed by atoms with Crippen LogP contribution in [0.15, 0.2) is 16.8 Å². The van der Waals surface area contributed by atoms with Gasteiger partial charge in [-0.05, 0) is 28.8 Å². The van der Waals surface area contributed by atoms with Crippen molar-refractivity contribution in [2.24, 2.45) is 0 Å². The largest absolute Gasteiger partial charge is 0.314 e. The fourth-order valence-electron chi connectivity index (χ4n) is 0.673. The molecule has 1 heterocycles. The number of thiophene rings is 1. The SMILES string of the molecule is O=[N+]([O-])OCCc1ccsc1. The van der Waals surface area contributed by atoms with Gasteiger partial charge >= 0.3 is 0 Å². The van der Waals surface area contributed by atoms with E-state index in [0.29, 0.717) is 6.42 Å². The Hall–Kier alpha value is -1.10. The molecule has 1 aromatic heterocycles. The molecule has 0 N–H and O–H groups in total. The van der Waals surface area contributed by atoms with E-state index in [2.05, 4.69) is 4.84 Å². The van der Waals surface area contributed by atoms with Crippen molar-refractivity contribution in [1.82, 2.24) is 0 Å². The summed E-state index contributed by atoms with van der Waals surface area (Å²) in [5.74, 6) is 0. The van der Waals surface area contributed by atoms with Gasteiger partial charge in [0.15, 0.2) is 0 Å². The molecule has 5 heteroatoms. The molecule has 0 unspecified atom stereocenters. The number of rotatable bonds is 4. The number of hydrogen-bond donors (Lipinski definition) is 0. The summed E-state index contributed by atoms with van der Waals surface area (Å²) in [5.41, 5.74) is 1.08. The average molecular weight is 173 g/mol. The lowest BCUT2D eigenvalue weighted by atomic mass is 10.3. The second-order valence-corrected chi connectivity index (χ2v) is 2.72. The molecule has 0 aromatic carbocycles. The van der Waals surface area contributed by atoms with Gasteiger partial charge in [-0.1, -0.05) is 0 Å². The average Bonchev–Trinajstić information content (AvgIpc) is 2.39. The van der Waals surface area contributed by atoms with Crippen molar-refractivity contribution in [3.05, 3.63) is 32.5 Å². The van der Waals surface area contributed by atoms with Crippen molar-refractivity contribution in [2.45, 2.75) is 6.42 Å². The van der Waals surface area contributed by atoms with Crippen LogP contribution in [-0.2, 0) is 11.3 Å². The zero-order valence-corrected chi connectivity index (χ0v) is 6.54. The van der Waals surface area contributed by atoms with Crippen LogP contribution < -0.4 is 0 Å². The normalized spacial score (nSPS) is 9.45. The fourth-order valence-corrected chi connectivity index (χ4v) is 1.38. The van der Waals surface area contributed by atoms with Gasteiger partial charge in [0.2, 0.25) is 0 Å². The minimum Gasteiger partial charge on any atom is -0.314 e. The molecule has 0 fully saturated rings. The Kier molecular flexibility index (Phi) is 2.85. The monoisotopic (exact) mass is 173 g/mol. The van der Waals surface area contributed by atoms with Gasteiger partial charge in [0.1, 0.15) is 6.61 Å². The van der Waals surface area contributed by atoms with Crippen molar-refractivity contribution in [3.63, 3.8) is 0 Å². The van der Waals surface area contributed by atoms with Gasteiger partial charge in [0, 0.05) is 0 Å². The lowest BCUT2D eigenvalue weighted by Gasteiger charge is -1.94. The van der Waals surface area contributed by atoms with Gasteiger partial charge in [-0.15, -0.1) is 10.1 Å². The van der Waals surface area contributed by atoms with Gasteiger partial charge < -0.3 is 4.84 Å². The highest BCUT2D eigenvalue weighted by Crippen LogP contribution is 2.06. The van der Waals surface area contributed by atoms with E-state index in [1.807, 2.05) is 16.8 Å². The fraction of sp³-hybridized carbons (Fsp3) is 0.333. The van der Waals surface area contributed by atoms with Crippen LogP contribution in [0.1, 0.15) is 5.56 Å². The molecule has 0 atom stereocenters. The highest BCUT2D eigenvalue weighted by Gasteiger charge is 1.96. The molecule has 0 amide bonds. The first kappa shape index (κ1) is 8.00. The van der Waals surface area contributed by atoms with Crippen LogP contribution >= 0.6 is 11.3 Å². The summed E-state index contributed by atoms with van der Waals surface area (Å²) in [7, 11) is 0. The highest BCUT2D eigenvalue weighted by molar-refractivity contribution is 7.07. The van der Waals surface area contributed by atoms with E-state index >= 15 is 0 Å². The topological polar surface area (TPSA) is 52.4 Å². The Bertz CT molecular complexity index is 222. The lowest BCUT2D eigenvalue weighted by Crippen LogP contribution is -2.03.